The van der Waals surface area contributed by atoms with E-state index in [1.54, 1.807) is 0 Å². The van der Waals surface area contributed by atoms with E-state index >= 15 is 0 Å². The maximum atomic E-state index is 13.8. The van der Waals surface area contributed by atoms with E-state index in [-0.39, 0.29) is 39.2 Å². The fraction of sp³-hybridized carbons (Fsp3) is 0.143. The second-order valence-electron chi connectivity index (χ2n) is 4.76. The van der Waals surface area contributed by atoms with Gasteiger partial charge in [0.05, 0.1) is 15.7 Å². The smallest absolute Gasteiger partial charge is 0.265 e. The molecule has 116 valence electrons. The van der Waals surface area contributed by atoms with E-state index < -0.39 is 21.7 Å². The van der Waals surface area contributed by atoms with Crippen molar-refractivity contribution in [2.45, 2.75) is 11.3 Å². The lowest BCUT2D eigenvalue weighted by atomic mass is 10.1. The van der Waals surface area contributed by atoms with Crippen molar-refractivity contribution in [3.05, 3.63) is 57.6 Å². The van der Waals surface area contributed by atoms with Crippen LogP contribution in [0.15, 0.2) is 35.2 Å². The van der Waals surface area contributed by atoms with Gasteiger partial charge in [-0.15, -0.1) is 0 Å². The Morgan fingerprint density at radius 3 is 2.36 bits per heavy atom. The summed E-state index contributed by atoms with van der Waals surface area (Å²) in [7, 11) is -4.11. The van der Waals surface area contributed by atoms with E-state index in [0.717, 1.165) is 16.4 Å². The van der Waals surface area contributed by atoms with E-state index in [1.807, 2.05) is 0 Å². The van der Waals surface area contributed by atoms with Crippen molar-refractivity contribution in [3.63, 3.8) is 0 Å². The van der Waals surface area contributed by atoms with Crippen LogP contribution < -0.4 is 4.31 Å². The standard InChI is InChI=1S/C14H9Cl2F2NO2S/c15-10-2-1-3-11(16)14(10)22(20,21)19-5-4-9-12(18)6-8(17)7-13(9)19/h1-3,6-7H,4-5H2. The lowest BCUT2D eigenvalue weighted by Gasteiger charge is -2.21. The lowest BCUT2D eigenvalue weighted by Crippen LogP contribution is -2.29. The first-order valence-corrected chi connectivity index (χ1v) is 8.46. The zero-order valence-corrected chi connectivity index (χ0v) is 13.3. The first-order chi connectivity index (χ1) is 10.3. The summed E-state index contributed by atoms with van der Waals surface area (Å²) >= 11 is 11.9. The van der Waals surface area contributed by atoms with Crippen LogP contribution in [0.3, 0.4) is 0 Å². The Morgan fingerprint density at radius 1 is 1.09 bits per heavy atom. The molecule has 0 unspecified atom stereocenters. The molecule has 0 spiro atoms. The molecule has 0 N–H and O–H groups in total. The molecule has 0 fully saturated rings. The Morgan fingerprint density at radius 2 is 1.73 bits per heavy atom. The van der Waals surface area contributed by atoms with E-state index in [9.17, 15) is 17.2 Å². The van der Waals surface area contributed by atoms with Crippen LogP contribution in [0.4, 0.5) is 14.5 Å². The third-order valence-electron chi connectivity index (χ3n) is 3.44. The van der Waals surface area contributed by atoms with Crippen LogP contribution in [0.25, 0.3) is 0 Å². The van der Waals surface area contributed by atoms with Gasteiger partial charge < -0.3 is 0 Å². The minimum absolute atomic E-state index is 0.000405. The van der Waals surface area contributed by atoms with Gasteiger partial charge in [0.2, 0.25) is 0 Å². The van der Waals surface area contributed by atoms with Crippen LogP contribution in [0.5, 0.6) is 0 Å². The van der Waals surface area contributed by atoms with E-state index in [2.05, 4.69) is 0 Å². The van der Waals surface area contributed by atoms with Crippen LogP contribution in [-0.4, -0.2) is 15.0 Å². The van der Waals surface area contributed by atoms with Gasteiger partial charge in [0.15, 0.2) is 0 Å². The Hall–Kier alpha value is -1.37. The summed E-state index contributed by atoms with van der Waals surface area (Å²) in [6.45, 7) is -0.000405. The van der Waals surface area contributed by atoms with Crippen LogP contribution in [-0.2, 0) is 16.4 Å². The summed E-state index contributed by atoms with van der Waals surface area (Å²) < 4.78 is 53.7. The highest BCUT2D eigenvalue weighted by Crippen LogP contribution is 2.38. The molecule has 0 aliphatic carbocycles. The van der Waals surface area contributed by atoms with E-state index in [0.29, 0.717) is 0 Å². The van der Waals surface area contributed by atoms with Crippen molar-refractivity contribution in [2.75, 3.05) is 10.8 Å². The average molecular weight is 364 g/mol. The molecule has 3 nitrogen and oxygen atoms in total. The van der Waals surface area contributed by atoms with Gasteiger partial charge in [-0.3, -0.25) is 4.31 Å². The fourth-order valence-electron chi connectivity index (χ4n) is 2.48. The summed E-state index contributed by atoms with van der Waals surface area (Å²) in [5, 5.41) is -0.0874. The molecule has 1 aliphatic heterocycles. The zero-order valence-electron chi connectivity index (χ0n) is 11.0. The monoisotopic (exact) mass is 363 g/mol. The highest BCUT2D eigenvalue weighted by molar-refractivity contribution is 7.93. The first-order valence-electron chi connectivity index (χ1n) is 6.27. The largest absolute Gasteiger partial charge is 0.267 e. The highest BCUT2D eigenvalue weighted by atomic mass is 35.5. The third kappa shape index (κ3) is 2.35. The molecule has 0 atom stereocenters. The molecule has 0 saturated carbocycles. The number of hydrogen-bond acceptors (Lipinski definition) is 2. The third-order valence-corrected chi connectivity index (χ3v) is 6.21. The summed E-state index contributed by atoms with van der Waals surface area (Å²) in [4.78, 5) is -0.268. The van der Waals surface area contributed by atoms with Crippen molar-refractivity contribution in [1.82, 2.24) is 0 Å². The summed E-state index contributed by atoms with van der Waals surface area (Å²) in [5.74, 6) is -1.61. The summed E-state index contributed by atoms with van der Waals surface area (Å²) in [5.41, 5.74) is 0.140. The zero-order chi connectivity index (χ0) is 16.1. The van der Waals surface area contributed by atoms with Gasteiger partial charge in [-0.2, -0.15) is 0 Å². The number of hydrogen-bond donors (Lipinski definition) is 0. The van der Waals surface area contributed by atoms with E-state index in [1.165, 1.54) is 18.2 Å². The van der Waals surface area contributed by atoms with E-state index in [4.69, 9.17) is 23.2 Å². The molecular weight excluding hydrogens is 355 g/mol. The topological polar surface area (TPSA) is 37.4 Å². The van der Waals surface area contributed by atoms with Crippen molar-refractivity contribution < 1.29 is 17.2 Å². The first kappa shape index (κ1) is 15.5. The number of benzene rings is 2. The normalized spacial score (nSPS) is 14.3. The number of anilines is 1. The van der Waals surface area contributed by atoms with Gasteiger partial charge in [-0.05, 0) is 24.6 Å². The predicted octanol–water partition coefficient (Wildman–Crippen LogP) is 4.02. The molecular formula is C14H9Cl2F2NO2S. The number of halogens is 4. The number of rotatable bonds is 2. The van der Waals surface area contributed by atoms with Crippen LogP contribution in [0, 0.1) is 11.6 Å². The van der Waals surface area contributed by atoms with Gasteiger partial charge in [-0.25, -0.2) is 17.2 Å². The quantitative estimate of drug-likeness (QED) is 0.807. The maximum absolute atomic E-state index is 13.8. The fourth-order valence-corrected chi connectivity index (χ4v) is 5.07. The van der Waals surface area contributed by atoms with Gasteiger partial charge in [0.25, 0.3) is 10.0 Å². The molecule has 0 bridgehead atoms. The van der Waals surface area contributed by atoms with Crippen molar-refractivity contribution in [3.8, 4) is 0 Å². The van der Waals surface area contributed by atoms with Crippen LogP contribution in [0.1, 0.15) is 5.56 Å². The Bertz CT molecular complexity index is 851. The molecule has 0 aromatic heterocycles. The second kappa shape index (κ2) is 5.37. The minimum atomic E-state index is -4.11. The minimum Gasteiger partial charge on any atom is -0.265 e. The Kier molecular flexibility index (Phi) is 3.79. The van der Waals surface area contributed by atoms with Gasteiger partial charge >= 0.3 is 0 Å². The number of nitrogens with zero attached hydrogens (tertiary/aromatic N) is 1. The molecule has 1 heterocycles. The predicted molar refractivity (Wildman–Crippen MR) is 81.1 cm³/mol. The van der Waals surface area contributed by atoms with Crippen LogP contribution in [0.2, 0.25) is 10.0 Å². The average Bonchev–Trinajstić information content (AvgIpc) is 2.82. The molecule has 1 aliphatic rings. The number of sulfonamides is 1. The molecule has 8 heteroatoms. The lowest BCUT2D eigenvalue weighted by molar-refractivity contribution is 0.577. The Balaban J connectivity index is 2.19. The molecule has 0 radical (unpaired) electrons. The van der Waals surface area contributed by atoms with Gasteiger partial charge in [0.1, 0.15) is 16.5 Å². The summed E-state index contributed by atoms with van der Waals surface area (Å²) in [6.07, 6.45) is 0.156. The molecule has 0 saturated heterocycles. The van der Waals surface area contributed by atoms with Crippen molar-refractivity contribution in [2.24, 2.45) is 0 Å². The molecule has 2 aromatic rings. The number of fused-ring (bicyclic) bond motifs is 1. The van der Waals surface area contributed by atoms with Gasteiger partial charge in [-0.1, -0.05) is 29.3 Å². The Labute approximate surface area is 136 Å². The second-order valence-corrected chi connectivity index (χ2v) is 7.38. The van der Waals surface area contributed by atoms with Gasteiger partial charge in [0, 0.05) is 18.2 Å². The molecule has 3 rings (SSSR count). The maximum Gasteiger partial charge on any atom is 0.267 e. The highest BCUT2D eigenvalue weighted by Gasteiger charge is 2.35. The van der Waals surface area contributed by atoms with Crippen LogP contribution >= 0.6 is 23.2 Å². The summed E-state index contributed by atoms with van der Waals surface area (Å²) in [6, 6.07) is 6.03. The molecule has 22 heavy (non-hydrogen) atoms. The van der Waals surface area contributed by atoms with Crippen molar-refractivity contribution >= 4 is 38.9 Å². The van der Waals surface area contributed by atoms with Crippen molar-refractivity contribution in [1.29, 1.82) is 0 Å². The molecule has 2 aromatic carbocycles. The SMILES string of the molecule is O=S(=O)(c1c(Cl)cccc1Cl)N1CCc2c(F)cc(F)cc21. The molecule has 0 amide bonds.